The van der Waals surface area contributed by atoms with Crippen molar-refractivity contribution in [1.82, 2.24) is 0 Å². The Bertz CT molecular complexity index is 464. The molecule has 0 saturated carbocycles. The molecular weight excluding hydrogens is 224 g/mol. The summed E-state index contributed by atoms with van der Waals surface area (Å²) in [4.78, 5) is 15.8. The van der Waals surface area contributed by atoms with E-state index >= 15 is 0 Å². The van der Waals surface area contributed by atoms with Gasteiger partial charge in [0.2, 0.25) is 5.91 Å². The van der Waals surface area contributed by atoms with E-state index in [2.05, 4.69) is 17.0 Å². The number of anilines is 2. The number of hydrogen-bond donors (Lipinski definition) is 0. The first-order chi connectivity index (χ1) is 8.66. The van der Waals surface area contributed by atoms with Crippen molar-refractivity contribution in [2.24, 2.45) is 0 Å². The molecule has 0 unspecified atom stereocenters. The van der Waals surface area contributed by atoms with Crippen LogP contribution in [0.2, 0.25) is 0 Å². The van der Waals surface area contributed by atoms with E-state index in [1.54, 1.807) is 11.8 Å². The summed E-state index contributed by atoms with van der Waals surface area (Å²) < 4.78 is 0. The van der Waals surface area contributed by atoms with Crippen molar-refractivity contribution in [2.75, 3.05) is 29.9 Å². The van der Waals surface area contributed by atoms with Gasteiger partial charge in [-0.1, -0.05) is 0 Å². The fourth-order valence-electron chi connectivity index (χ4n) is 3.16. The third-order valence-corrected chi connectivity index (χ3v) is 4.18. The summed E-state index contributed by atoms with van der Waals surface area (Å²) in [7, 11) is 1.86. The molecule has 2 aliphatic heterocycles. The van der Waals surface area contributed by atoms with Gasteiger partial charge in [0.1, 0.15) is 0 Å². The molecule has 0 spiro atoms. The van der Waals surface area contributed by atoms with Gasteiger partial charge in [0.25, 0.3) is 0 Å². The van der Waals surface area contributed by atoms with Crippen molar-refractivity contribution in [3.05, 3.63) is 23.3 Å². The van der Waals surface area contributed by atoms with Crippen LogP contribution in [0.25, 0.3) is 0 Å². The summed E-state index contributed by atoms with van der Waals surface area (Å²) >= 11 is 0. The molecule has 3 rings (SSSR count). The molecule has 0 fully saturated rings. The topological polar surface area (TPSA) is 23.6 Å². The monoisotopic (exact) mass is 244 g/mol. The minimum Gasteiger partial charge on any atom is -0.371 e. The zero-order valence-electron chi connectivity index (χ0n) is 11.2. The lowest BCUT2D eigenvalue weighted by Gasteiger charge is -2.37. The van der Waals surface area contributed by atoms with Gasteiger partial charge in [-0.15, -0.1) is 0 Å². The molecule has 0 atom stereocenters. The first-order valence-electron chi connectivity index (χ1n) is 6.82. The number of aryl methyl sites for hydroxylation is 2. The predicted molar refractivity (Wildman–Crippen MR) is 74.4 cm³/mol. The minimum absolute atomic E-state index is 0.102. The number of carbonyl (C=O) groups is 1. The summed E-state index contributed by atoms with van der Waals surface area (Å²) in [6.45, 7) is 4.01. The van der Waals surface area contributed by atoms with Crippen molar-refractivity contribution in [3.8, 4) is 0 Å². The van der Waals surface area contributed by atoms with Crippen LogP contribution >= 0.6 is 0 Å². The van der Waals surface area contributed by atoms with Crippen LogP contribution in [-0.2, 0) is 17.6 Å². The fourth-order valence-corrected chi connectivity index (χ4v) is 3.16. The van der Waals surface area contributed by atoms with Crippen molar-refractivity contribution < 1.29 is 4.79 Å². The van der Waals surface area contributed by atoms with Crippen molar-refractivity contribution in [1.29, 1.82) is 0 Å². The van der Waals surface area contributed by atoms with Crippen molar-refractivity contribution >= 4 is 17.3 Å². The van der Waals surface area contributed by atoms with Crippen LogP contribution in [0, 0.1) is 0 Å². The number of amides is 1. The van der Waals surface area contributed by atoms with E-state index in [4.69, 9.17) is 0 Å². The minimum atomic E-state index is 0.102. The highest BCUT2D eigenvalue weighted by Gasteiger charge is 2.25. The van der Waals surface area contributed by atoms with Gasteiger partial charge in [-0.3, -0.25) is 4.79 Å². The zero-order valence-corrected chi connectivity index (χ0v) is 11.2. The van der Waals surface area contributed by atoms with Crippen molar-refractivity contribution in [2.45, 2.75) is 32.6 Å². The summed E-state index contributed by atoms with van der Waals surface area (Å²) in [5.41, 5.74) is 5.39. The highest BCUT2D eigenvalue weighted by molar-refractivity contribution is 5.91. The Morgan fingerprint density at radius 1 is 1.17 bits per heavy atom. The zero-order chi connectivity index (χ0) is 12.7. The van der Waals surface area contributed by atoms with E-state index < -0.39 is 0 Å². The molecule has 1 aromatic rings. The maximum Gasteiger partial charge on any atom is 0.223 e. The van der Waals surface area contributed by atoms with E-state index in [9.17, 15) is 4.79 Å². The lowest BCUT2D eigenvalue weighted by Crippen LogP contribution is -2.35. The number of benzene rings is 1. The molecule has 1 amide bonds. The molecule has 2 heterocycles. The Balaban J connectivity index is 2.08. The molecule has 0 radical (unpaired) electrons. The second kappa shape index (κ2) is 4.30. The first-order valence-corrected chi connectivity index (χ1v) is 6.82. The number of hydrogen-bond acceptors (Lipinski definition) is 2. The van der Waals surface area contributed by atoms with E-state index in [-0.39, 0.29) is 5.91 Å². The standard InChI is InChI=1S/C15H20N2O/c1-11(18)16(2)14-9-12-5-3-7-17-8-4-6-13(10-14)15(12)17/h9-10H,3-8H2,1-2H3. The maximum atomic E-state index is 11.5. The van der Waals surface area contributed by atoms with Crippen LogP contribution in [0.3, 0.4) is 0 Å². The number of carbonyl (C=O) groups excluding carboxylic acids is 1. The van der Waals surface area contributed by atoms with Gasteiger partial charge in [-0.05, 0) is 48.9 Å². The quantitative estimate of drug-likeness (QED) is 0.757. The second-order valence-electron chi connectivity index (χ2n) is 5.38. The van der Waals surface area contributed by atoms with Gasteiger partial charge in [-0.25, -0.2) is 0 Å². The molecule has 3 heteroatoms. The van der Waals surface area contributed by atoms with Gasteiger partial charge < -0.3 is 9.80 Å². The molecule has 0 saturated heterocycles. The van der Waals surface area contributed by atoms with Crippen LogP contribution in [-0.4, -0.2) is 26.0 Å². The molecule has 0 N–H and O–H groups in total. The Kier molecular flexibility index (Phi) is 2.77. The van der Waals surface area contributed by atoms with Crippen LogP contribution in [0.5, 0.6) is 0 Å². The molecule has 0 aromatic heterocycles. The number of nitrogens with zero attached hydrogens (tertiary/aromatic N) is 2. The van der Waals surface area contributed by atoms with Crippen LogP contribution < -0.4 is 9.80 Å². The summed E-state index contributed by atoms with van der Waals surface area (Å²) in [6.07, 6.45) is 4.77. The van der Waals surface area contributed by atoms with Crippen LogP contribution in [0.1, 0.15) is 30.9 Å². The van der Waals surface area contributed by atoms with Crippen molar-refractivity contribution in [3.63, 3.8) is 0 Å². The molecular formula is C15H20N2O. The summed E-state index contributed by atoms with van der Waals surface area (Å²) in [6, 6.07) is 4.41. The fraction of sp³-hybridized carbons (Fsp3) is 0.533. The number of rotatable bonds is 1. The molecule has 0 aliphatic carbocycles. The Morgan fingerprint density at radius 3 is 2.22 bits per heavy atom. The average Bonchev–Trinajstić information content (AvgIpc) is 2.38. The molecule has 96 valence electrons. The smallest absolute Gasteiger partial charge is 0.223 e. The average molecular weight is 244 g/mol. The summed E-state index contributed by atoms with van der Waals surface area (Å²) in [5, 5.41) is 0. The molecule has 2 aliphatic rings. The molecule has 18 heavy (non-hydrogen) atoms. The summed E-state index contributed by atoms with van der Waals surface area (Å²) in [5.74, 6) is 0.102. The SMILES string of the molecule is CC(=O)N(C)c1cc2c3c(c1)CCCN3CCC2. The van der Waals surface area contributed by atoms with E-state index in [0.717, 1.165) is 18.5 Å². The van der Waals surface area contributed by atoms with Gasteiger partial charge >= 0.3 is 0 Å². The van der Waals surface area contributed by atoms with E-state index in [0.29, 0.717) is 0 Å². The van der Waals surface area contributed by atoms with Gasteiger partial charge in [0.05, 0.1) is 0 Å². The highest BCUT2D eigenvalue weighted by Crippen LogP contribution is 2.37. The molecule has 3 nitrogen and oxygen atoms in total. The Morgan fingerprint density at radius 2 is 1.72 bits per heavy atom. The lowest BCUT2D eigenvalue weighted by atomic mass is 9.91. The van der Waals surface area contributed by atoms with Crippen LogP contribution in [0.15, 0.2) is 12.1 Å². The Labute approximate surface area is 108 Å². The largest absolute Gasteiger partial charge is 0.371 e. The highest BCUT2D eigenvalue weighted by atomic mass is 16.2. The third kappa shape index (κ3) is 1.78. The van der Waals surface area contributed by atoms with E-state index in [1.165, 1.54) is 42.7 Å². The van der Waals surface area contributed by atoms with Gasteiger partial charge in [0, 0.05) is 38.4 Å². The molecule has 1 aromatic carbocycles. The Hall–Kier alpha value is -1.51. The maximum absolute atomic E-state index is 11.5. The van der Waals surface area contributed by atoms with Gasteiger partial charge in [0.15, 0.2) is 0 Å². The first kappa shape index (κ1) is 11.6. The van der Waals surface area contributed by atoms with Gasteiger partial charge in [-0.2, -0.15) is 0 Å². The predicted octanol–water partition coefficient (Wildman–Crippen LogP) is 2.37. The normalized spacial score (nSPS) is 17.3. The lowest BCUT2D eigenvalue weighted by molar-refractivity contribution is -0.116. The second-order valence-corrected chi connectivity index (χ2v) is 5.38. The third-order valence-electron chi connectivity index (χ3n) is 4.18. The van der Waals surface area contributed by atoms with Crippen LogP contribution in [0.4, 0.5) is 11.4 Å². The molecule has 0 bridgehead atoms. The van der Waals surface area contributed by atoms with E-state index in [1.807, 2.05) is 7.05 Å².